The lowest BCUT2D eigenvalue weighted by molar-refractivity contribution is 0.867. The van der Waals surface area contributed by atoms with Gasteiger partial charge in [-0.05, 0) is 18.4 Å². The molecule has 0 amide bonds. The molecule has 1 heterocycles. The highest BCUT2D eigenvalue weighted by molar-refractivity contribution is 7.15. The molecule has 92 valence electrons. The number of nitriles is 1. The van der Waals surface area contributed by atoms with Gasteiger partial charge in [0.25, 0.3) is 0 Å². The van der Waals surface area contributed by atoms with E-state index in [-0.39, 0.29) is 0 Å². The van der Waals surface area contributed by atoms with E-state index in [1.165, 1.54) is 5.56 Å². The summed E-state index contributed by atoms with van der Waals surface area (Å²) in [6.07, 6.45) is 0.452. The van der Waals surface area contributed by atoms with Crippen LogP contribution in [0.5, 0.6) is 0 Å². The summed E-state index contributed by atoms with van der Waals surface area (Å²) in [5, 5.41) is 9.76. The fourth-order valence-electron chi connectivity index (χ4n) is 1.80. The number of aryl methyl sites for hydroxylation is 1. The minimum absolute atomic E-state index is 0.452. The standard InChI is InChI=1S/C15H16N2S/c1-10(2)12-4-6-13(7-5-12)15-17-11(3)14(18-15)8-9-16/h4-7,10H,8H2,1-3H3. The summed E-state index contributed by atoms with van der Waals surface area (Å²) in [7, 11) is 0. The number of rotatable bonds is 3. The Hall–Kier alpha value is -1.66. The van der Waals surface area contributed by atoms with Gasteiger partial charge in [0, 0.05) is 10.4 Å². The third-order valence-corrected chi connectivity index (χ3v) is 4.16. The van der Waals surface area contributed by atoms with Crippen LogP contribution in [-0.4, -0.2) is 4.98 Å². The second-order valence-corrected chi connectivity index (χ2v) is 5.72. The number of hydrogen-bond acceptors (Lipinski definition) is 3. The molecule has 0 saturated carbocycles. The van der Waals surface area contributed by atoms with Crippen LogP contribution in [-0.2, 0) is 6.42 Å². The van der Waals surface area contributed by atoms with Gasteiger partial charge in [-0.1, -0.05) is 38.1 Å². The lowest BCUT2D eigenvalue weighted by atomic mass is 10.0. The topological polar surface area (TPSA) is 36.7 Å². The molecular weight excluding hydrogens is 240 g/mol. The van der Waals surface area contributed by atoms with Crippen molar-refractivity contribution in [2.75, 3.05) is 0 Å². The molecule has 1 aromatic carbocycles. The van der Waals surface area contributed by atoms with Crippen molar-refractivity contribution in [1.29, 1.82) is 5.26 Å². The first-order chi connectivity index (χ1) is 8.61. The van der Waals surface area contributed by atoms with Crippen LogP contribution in [0.15, 0.2) is 24.3 Å². The number of benzene rings is 1. The third-order valence-electron chi connectivity index (χ3n) is 2.96. The molecule has 0 radical (unpaired) electrons. The molecule has 2 aromatic rings. The summed E-state index contributed by atoms with van der Waals surface area (Å²) in [6, 6.07) is 10.7. The molecule has 3 heteroatoms. The molecule has 0 atom stereocenters. The second-order valence-electron chi connectivity index (χ2n) is 4.64. The molecule has 2 rings (SSSR count). The molecule has 2 nitrogen and oxygen atoms in total. The minimum atomic E-state index is 0.452. The molecule has 0 N–H and O–H groups in total. The largest absolute Gasteiger partial charge is 0.241 e. The molecule has 0 unspecified atom stereocenters. The lowest BCUT2D eigenvalue weighted by Crippen LogP contribution is -1.86. The fourth-order valence-corrected chi connectivity index (χ4v) is 2.80. The van der Waals surface area contributed by atoms with Crippen molar-refractivity contribution >= 4 is 11.3 Å². The Morgan fingerprint density at radius 3 is 2.50 bits per heavy atom. The summed E-state index contributed by atoms with van der Waals surface area (Å²) in [6.45, 7) is 6.34. The second kappa shape index (κ2) is 5.32. The van der Waals surface area contributed by atoms with Crippen molar-refractivity contribution in [3.63, 3.8) is 0 Å². The molecule has 0 aliphatic rings. The predicted molar refractivity (Wildman–Crippen MR) is 75.7 cm³/mol. The molecule has 0 spiro atoms. The summed E-state index contributed by atoms with van der Waals surface area (Å²) in [5.41, 5.74) is 3.45. The lowest BCUT2D eigenvalue weighted by Gasteiger charge is -2.05. The quantitative estimate of drug-likeness (QED) is 0.820. The first kappa shape index (κ1) is 12.8. The maximum Gasteiger partial charge on any atom is 0.123 e. The van der Waals surface area contributed by atoms with Crippen LogP contribution in [0.4, 0.5) is 0 Å². The molecule has 18 heavy (non-hydrogen) atoms. The SMILES string of the molecule is Cc1nc(-c2ccc(C(C)C)cc2)sc1CC#N. The Kier molecular flexibility index (Phi) is 3.78. The molecular formula is C15H16N2S. The molecule has 1 aromatic heterocycles. The van der Waals surface area contributed by atoms with Gasteiger partial charge >= 0.3 is 0 Å². The van der Waals surface area contributed by atoms with Gasteiger partial charge in [0.1, 0.15) is 5.01 Å². The maximum absolute atomic E-state index is 8.75. The summed E-state index contributed by atoms with van der Waals surface area (Å²) < 4.78 is 0. The average Bonchev–Trinajstić information content (AvgIpc) is 2.72. The van der Waals surface area contributed by atoms with Crippen molar-refractivity contribution in [2.24, 2.45) is 0 Å². The number of aromatic nitrogens is 1. The van der Waals surface area contributed by atoms with Gasteiger partial charge in [0.2, 0.25) is 0 Å². The van der Waals surface area contributed by atoms with Gasteiger partial charge in [-0.15, -0.1) is 11.3 Å². The van der Waals surface area contributed by atoms with E-state index in [2.05, 4.69) is 49.2 Å². The normalized spacial score (nSPS) is 10.6. The van der Waals surface area contributed by atoms with Gasteiger partial charge in [-0.3, -0.25) is 0 Å². The molecule has 0 aliphatic carbocycles. The molecule has 0 saturated heterocycles. The number of hydrogen-bond donors (Lipinski definition) is 0. The van der Waals surface area contributed by atoms with Crippen molar-refractivity contribution in [2.45, 2.75) is 33.1 Å². The zero-order valence-electron chi connectivity index (χ0n) is 10.9. The highest BCUT2D eigenvalue weighted by Crippen LogP contribution is 2.29. The Balaban J connectivity index is 2.31. The molecule has 0 bridgehead atoms. The molecule has 0 fully saturated rings. The smallest absolute Gasteiger partial charge is 0.123 e. The van der Waals surface area contributed by atoms with Crippen molar-refractivity contribution in [3.05, 3.63) is 40.4 Å². The van der Waals surface area contributed by atoms with Crippen LogP contribution < -0.4 is 0 Å². The first-order valence-electron chi connectivity index (χ1n) is 6.05. The van der Waals surface area contributed by atoms with Crippen LogP contribution in [0.25, 0.3) is 10.6 Å². The number of nitrogens with zero attached hydrogens (tertiary/aromatic N) is 2. The van der Waals surface area contributed by atoms with E-state index in [1.54, 1.807) is 11.3 Å². The van der Waals surface area contributed by atoms with Crippen LogP contribution in [0.3, 0.4) is 0 Å². The summed E-state index contributed by atoms with van der Waals surface area (Å²) >= 11 is 1.62. The van der Waals surface area contributed by atoms with Gasteiger partial charge in [0.15, 0.2) is 0 Å². The van der Waals surface area contributed by atoms with Crippen molar-refractivity contribution < 1.29 is 0 Å². The van der Waals surface area contributed by atoms with Crippen LogP contribution in [0.1, 0.15) is 35.9 Å². The Labute approximate surface area is 112 Å². The average molecular weight is 256 g/mol. The Bertz CT molecular complexity index is 574. The van der Waals surface area contributed by atoms with Crippen molar-refractivity contribution in [1.82, 2.24) is 4.98 Å². The zero-order valence-corrected chi connectivity index (χ0v) is 11.7. The minimum Gasteiger partial charge on any atom is -0.241 e. The zero-order chi connectivity index (χ0) is 13.1. The van der Waals surface area contributed by atoms with E-state index in [4.69, 9.17) is 5.26 Å². The molecule has 0 aliphatic heterocycles. The van der Waals surface area contributed by atoms with Crippen molar-refractivity contribution in [3.8, 4) is 16.6 Å². The van der Waals surface area contributed by atoms with E-state index < -0.39 is 0 Å². The summed E-state index contributed by atoms with van der Waals surface area (Å²) in [5.74, 6) is 0.547. The van der Waals surface area contributed by atoms with Crippen LogP contribution in [0.2, 0.25) is 0 Å². The third kappa shape index (κ3) is 2.60. The van der Waals surface area contributed by atoms with E-state index in [0.717, 1.165) is 21.1 Å². The first-order valence-corrected chi connectivity index (χ1v) is 6.87. The van der Waals surface area contributed by atoms with Gasteiger partial charge in [-0.2, -0.15) is 5.26 Å². The monoisotopic (exact) mass is 256 g/mol. The number of thiazole rings is 1. The van der Waals surface area contributed by atoms with Crippen LogP contribution >= 0.6 is 11.3 Å². The van der Waals surface area contributed by atoms with E-state index in [0.29, 0.717) is 12.3 Å². The van der Waals surface area contributed by atoms with Crippen LogP contribution in [0, 0.1) is 18.3 Å². The Morgan fingerprint density at radius 2 is 1.94 bits per heavy atom. The highest BCUT2D eigenvalue weighted by atomic mass is 32.1. The predicted octanol–water partition coefficient (Wildman–Crippen LogP) is 4.31. The van der Waals surface area contributed by atoms with Gasteiger partial charge < -0.3 is 0 Å². The van der Waals surface area contributed by atoms with Gasteiger partial charge in [-0.25, -0.2) is 4.98 Å². The van der Waals surface area contributed by atoms with Gasteiger partial charge in [0.05, 0.1) is 18.2 Å². The maximum atomic E-state index is 8.75. The fraction of sp³-hybridized carbons (Fsp3) is 0.333. The summed E-state index contributed by atoms with van der Waals surface area (Å²) in [4.78, 5) is 5.61. The highest BCUT2D eigenvalue weighted by Gasteiger charge is 2.09. The van der Waals surface area contributed by atoms with E-state index >= 15 is 0 Å². The van der Waals surface area contributed by atoms with E-state index in [1.807, 2.05) is 6.92 Å². The van der Waals surface area contributed by atoms with E-state index in [9.17, 15) is 0 Å². The Morgan fingerprint density at radius 1 is 1.28 bits per heavy atom.